The number of amides is 2. The minimum absolute atomic E-state index is 0.216. The highest BCUT2D eigenvalue weighted by Gasteiger charge is 2.36. The second kappa shape index (κ2) is 6.55. The van der Waals surface area contributed by atoms with Gasteiger partial charge >= 0.3 is 5.97 Å². The summed E-state index contributed by atoms with van der Waals surface area (Å²) in [6.07, 6.45) is 1.64. The average molecular weight is 376 g/mol. The summed E-state index contributed by atoms with van der Waals surface area (Å²) in [7, 11) is 0. The van der Waals surface area contributed by atoms with Gasteiger partial charge in [-0.2, -0.15) is 0 Å². The monoisotopic (exact) mass is 375 g/mol. The van der Waals surface area contributed by atoms with Crippen LogP contribution in [0, 0.1) is 0 Å². The fraction of sp³-hybridized carbons (Fsp3) is 0.250. The third-order valence-corrected chi connectivity index (χ3v) is 4.88. The lowest BCUT2D eigenvalue weighted by Crippen LogP contribution is -2.34. The van der Waals surface area contributed by atoms with Gasteiger partial charge in [-0.3, -0.25) is 19.3 Å². The Morgan fingerprint density at radius 3 is 2.85 bits per heavy atom. The van der Waals surface area contributed by atoms with Crippen LogP contribution < -0.4 is 0 Å². The largest absolute Gasteiger partial charge is 0.465 e. The third kappa shape index (κ3) is 3.50. The normalized spacial score (nSPS) is 17.1. The van der Waals surface area contributed by atoms with Gasteiger partial charge < -0.3 is 4.74 Å². The van der Waals surface area contributed by atoms with Crippen LogP contribution in [0.3, 0.4) is 0 Å². The third-order valence-electron chi connectivity index (χ3n) is 2.33. The van der Waals surface area contributed by atoms with Crippen LogP contribution in [0.1, 0.15) is 11.8 Å². The second-order valence-corrected chi connectivity index (χ2v) is 6.59. The lowest BCUT2D eigenvalue weighted by atomic mass is 10.3. The van der Waals surface area contributed by atoms with Gasteiger partial charge in [0.15, 0.2) is 0 Å². The highest BCUT2D eigenvalue weighted by atomic mass is 79.9. The molecule has 2 rings (SSSR count). The zero-order valence-electron chi connectivity index (χ0n) is 10.4. The Morgan fingerprint density at radius 1 is 1.50 bits per heavy atom. The highest BCUT2D eigenvalue weighted by Crippen LogP contribution is 2.33. The maximum absolute atomic E-state index is 12.1. The molecule has 0 N–H and O–H groups in total. The van der Waals surface area contributed by atoms with Crippen molar-refractivity contribution < 1.29 is 19.1 Å². The van der Waals surface area contributed by atoms with Crippen LogP contribution in [0.25, 0.3) is 6.08 Å². The van der Waals surface area contributed by atoms with E-state index in [1.165, 1.54) is 11.3 Å². The zero-order valence-corrected chi connectivity index (χ0v) is 13.6. The molecule has 0 bridgehead atoms. The molecular formula is C12H10BrNO4S2. The van der Waals surface area contributed by atoms with Gasteiger partial charge in [0.1, 0.15) is 6.54 Å². The Kier molecular flexibility index (Phi) is 5.00. The second-order valence-electron chi connectivity index (χ2n) is 3.74. The number of hydrogen-bond donors (Lipinski definition) is 0. The molecule has 2 amide bonds. The van der Waals surface area contributed by atoms with Gasteiger partial charge in [-0.25, -0.2) is 0 Å². The van der Waals surface area contributed by atoms with Crippen molar-refractivity contribution in [3.8, 4) is 0 Å². The molecule has 0 aromatic carbocycles. The van der Waals surface area contributed by atoms with E-state index in [1.54, 1.807) is 13.0 Å². The van der Waals surface area contributed by atoms with Gasteiger partial charge in [0, 0.05) is 14.7 Å². The molecular weight excluding hydrogens is 366 g/mol. The van der Waals surface area contributed by atoms with Gasteiger partial charge in [0.25, 0.3) is 11.1 Å². The first-order valence-electron chi connectivity index (χ1n) is 5.66. The van der Waals surface area contributed by atoms with Gasteiger partial charge in [0.2, 0.25) is 0 Å². The molecule has 0 radical (unpaired) electrons. The Balaban J connectivity index is 2.12. The number of ether oxygens (including phenoxy) is 1. The van der Waals surface area contributed by atoms with Gasteiger partial charge in [-0.1, -0.05) is 0 Å². The van der Waals surface area contributed by atoms with Crippen LogP contribution in [-0.2, 0) is 14.3 Å². The molecule has 1 aliphatic rings. The van der Waals surface area contributed by atoms with Crippen molar-refractivity contribution in [2.75, 3.05) is 13.2 Å². The van der Waals surface area contributed by atoms with Crippen molar-refractivity contribution in [3.63, 3.8) is 0 Å². The van der Waals surface area contributed by atoms with Crippen LogP contribution >= 0.6 is 39.0 Å². The number of carbonyl (C=O) groups is 3. The maximum atomic E-state index is 12.1. The summed E-state index contributed by atoms with van der Waals surface area (Å²) >= 11 is 5.60. The number of rotatable bonds is 4. The summed E-state index contributed by atoms with van der Waals surface area (Å²) in [5.74, 6) is -1.05. The van der Waals surface area contributed by atoms with Crippen LogP contribution in [0.5, 0.6) is 0 Å². The van der Waals surface area contributed by atoms with Crippen molar-refractivity contribution in [1.82, 2.24) is 4.90 Å². The van der Waals surface area contributed by atoms with Gasteiger partial charge in [-0.15, -0.1) is 11.3 Å². The summed E-state index contributed by atoms with van der Waals surface area (Å²) in [5.41, 5.74) is 0. The highest BCUT2D eigenvalue weighted by molar-refractivity contribution is 9.10. The Labute approximate surface area is 132 Å². The molecule has 1 aromatic rings. The molecule has 0 atom stereocenters. The number of thiophene rings is 1. The molecule has 0 unspecified atom stereocenters. The number of imide groups is 1. The molecule has 0 saturated carbocycles. The summed E-state index contributed by atoms with van der Waals surface area (Å²) in [6.45, 7) is 1.54. The van der Waals surface area contributed by atoms with Crippen molar-refractivity contribution in [2.24, 2.45) is 0 Å². The number of nitrogens with zero attached hydrogens (tertiary/aromatic N) is 1. The predicted molar refractivity (Wildman–Crippen MR) is 81.3 cm³/mol. The van der Waals surface area contributed by atoms with Crippen molar-refractivity contribution in [3.05, 3.63) is 25.7 Å². The summed E-state index contributed by atoms with van der Waals surface area (Å²) in [6, 6.07) is 1.85. The van der Waals surface area contributed by atoms with Crippen molar-refractivity contribution in [2.45, 2.75) is 6.92 Å². The first-order chi connectivity index (χ1) is 9.51. The van der Waals surface area contributed by atoms with Crippen LogP contribution in [0.15, 0.2) is 20.8 Å². The lowest BCUT2D eigenvalue weighted by Gasteiger charge is -2.10. The molecule has 1 fully saturated rings. The molecule has 106 valence electrons. The fourth-order valence-corrected chi connectivity index (χ4v) is 3.79. The molecule has 5 nitrogen and oxygen atoms in total. The van der Waals surface area contributed by atoms with E-state index in [-0.39, 0.29) is 13.2 Å². The molecule has 2 heterocycles. The standard InChI is InChI=1S/C12H10BrNO4S2/c1-2-18-10(15)5-14-11(16)9(20-12(14)17)4-8-3-7(13)6-19-8/h3-4,6H,2,5H2,1H3. The Hall–Kier alpha value is -1.12. The van der Waals surface area contributed by atoms with E-state index in [4.69, 9.17) is 4.74 Å². The fourth-order valence-electron chi connectivity index (χ4n) is 1.51. The number of carbonyl (C=O) groups excluding carboxylic acids is 3. The number of esters is 1. The molecule has 20 heavy (non-hydrogen) atoms. The molecule has 0 spiro atoms. The van der Waals surface area contributed by atoms with Gasteiger partial charge in [-0.05, 0) is 46.8 Å². The number of thioether (sulfide) groups is 1. The number of halogens is 1. The van der Waals surface area contributed by atoms with Crippen LogP contribution in [0.2, 0.25) is 0 Å². The SMILES string of the molecule is CCOC(=O)CN1C(=O)SC(=Cc2cc(Br)cs2)C1=O. The maximum Gasteiger partial charge on any atom is 0.326 e. The molecule has 1 aliphatic heterocycles. The van der Waals surface area contributed by atoms with Crippen molar-refractivity contribution in [1.29, 1.82) is 0 Å². The first kappa shape index (κ1) is 15.3. The van der Waals surface area contributed by atoms with Crippen molar-refractivity contribution >= 4 is 62.2 Å². The van der Waals surface area contributed by atoms with E-state index in [0.29, 0.717) is 4.91 Å². The molecule has 8 heteroatoms. The van der Waals surface area contributed by atoms with E-state index in [0.717, 1.165) is 26.0 Å². The molecule has 0 aliphatic carbocycles. The number of hydrogen-bond acceptors (Lipinski definition) is 6. The van der Waals surface area contributed by atoms with Crippen LogP contribution in [-0.4, -0.2) is 35.2 Å². The predicted octanol–water partition coefficient (Wildman–Crippen LogP) is 3.11. The average Bonchev–Trinajstić information content (AvgIpc) is 2.89. The van der Waals surface area contributed by atoms with E-state index in [1.807, 2.05) is 11.4 Å². The van der Waals surface area contributed by atoms with Gasteiger partial charge in [0.05, 0.1) is 11.5 Å². The Bertz CT molecular complexity index is 596. The summed E-state index contributed by atoms with van der Waals surface area (Å²) in [5, 5.41) is 1.43. The minimum atomic E-state index is -0.588. The quantitative estimate of drug-likeness (QED) is 0.597. The molecule has 1 saturated heterocycles. The zero-order chi connectivity index (χ0) is 14.7. The lowest BCUT2D eigenvalue weighted by molar-refractivity contribution is -0.145. The smallest absolute Gasteiger partial charge is 0.326 e. The van der Waals surface area contributed by atoms with E-state index >= 15 is 0 Å². The van der Waals surface area contributed by atoms with E-state index < -0.39 is 17.1 Å². The Morgan fingerprint density at radius 2 is 2.25 bits per heavy atom. The topological polar surface area (TPSA) is 63.7 Å². The summed E-state index contributed by atoms with van der Waals surface area (Å²) in [4.78, 5) is 37.2. The van der Waals surface area contributed by atoms with E-state index in [2.05, 4.69) is 15.9 Å². The van der Waals surface area contributed by atoms with Crippen LogP contribution in [0.4, 0.5) is 4.79 Å². The summed E-state index contributed by atoms with van der Waals surface area (Å²) < 4.78 is 5.66. The first-order valence-corrected chi connectivity index (χ1v) is 8.15. The molecule has 1 aromatic heterocycles. The minimum Gasteiger partial charge on any atom is -0.465 e. The van der Waals surface area contributed by atoms with E-state index in [9.17, 15) is 14.4 Å².